The van der Waals surface area contributed by atoms with E-state index in [4.69, 9.17) is 19.2 Å². The van der Waals surface area contributed by atoms with Gasteiger partial charge in [0.05, 0.1) is 12.2 Å². The summed E-state index contributed by atoms with van der Waals surface area (Å²) in [6, 6.07) is 17.5. The number of fused-ring (bicyclic) bond motifs is 1. The second-order valence-corrected chi connectivity index (χ2v) is 9.96. The normalized spacial score (nSPS) is 19.1. The lowest BCUT2D eigenvalue weighted by atomic mass is 10.1. The summed E-state index contributed by atoms with van der Waals surface area (Å²) < 4.78 is 16.9. The van der Waals surface area contributed by atoms with Crippen LogP contribution in [0.2, 0.25) is 0 Å². The summed E-state index contributed by atoms with van der Waals surface area (Å²) >= 11 is 0. The van der Waals surface area contributed by atoms with Crippen molar-refractivity contribution in [3.63, 3.8) is 0 Å². The van der Waals surface area contributed by atoms with Crippen LogP contribution in [-0.2, 0) is 16.1 Å². The molecule has 0 unspecified atom stereocenters. The molecule has 3 aliphatic heterocycles. The van der Waals surface area contributed by atoms with Gasteiger partial charge in [-0.05, 0) is 49.8 Å². The van der Waals surface area contributed by atoms with E-state index in [2.05, 4.69) is 39.7 Å². The Morgan fingerprint density at radius 3 is 2.82 bits per heavy atom. The minimum absolute atomic E-state index is 0.0449. The van der Waals surface area contributed by atoms with Crippen LogP contribution >= 0.6 is 0 Å². The molecule has 1 atom stereocenters. The van der Waals surface area contributed by atoms with E-state index >= 15 is 0 Å². The van der Waals surface area contributed by atoms with Gasteiger partial charge in [0.2, 0.25) is 5.88 Å². The molecule has 202 valence electrons. The van der Waals surface area contributed by atoms with E-state index in [1.807, 2.05) is 30.3 Å². The van der Waals surface area contributed by atoms with E-state index in [0.29, 0.717) is 49.3 Å². The molecule has 2 N–H and O–H groups in total. The van der Waals surface area contributed by atoms with Gasteiger partial charge in [-0.2, -0.15) is 0 Å². The van der Waals surface area contributed by atoms with Crippen molar-refractivity contribution in [1.82, 2.24) is 20.2 Å². The molecule has 0 spiro atoms. The summed E-state index contributed by atoms with van der Waals surface area (Å²) in [5, 5.41) is 6.10. The molecule has 0 saturated carbocycles. The number of carbonyl (C=O) groups is 2. The number of nitrogens with one attached hydrogen (secondary N) is 2. The predicted octanol–water partition coefficient (Wildman–Crippen LogP) is 2.67. The average molecular weight is 531 g/mol. The number of benzene rings is 1. The lowest BCUT2D eigenvalue weighted by Crippen LogP contribution is -2.51. The molecular formula is C28H30N6O5. The first-order valence-corrected chi connectivity index (χ1v) is 13.0. The summed E-state index contributed by atoms with van der Waals surface area (Å²) in [7, 11) is 2.07. The van der Waals surface area contributed by atoms with Crippen molar-refractivity contribution in [3.8, 4) is 22.9 Å². The maximum absolute atomic E-state index is 12.5. The number of rotatable bonds is 9. The topological polar surface area (TPSA) is 118 Å². The summed E-state index contributed by atoms with van der Waals surface area (Å²) in [4.78, 5) is 36.8. The minimum atomic E-state index is -0.453. The van der Waals surface area contributed by atoms with E-state index in [1.165, 1.54) is 4.90 Å². The summed E-state index contributed by atoms with van der Waals surface area (Å²) in [6.45, 7) is 3.54. The minimum Gasteiger partial charge on any atom is -0.480 e. The molecule has 0 bridgehead atoms. The lowest BCUT2D eigenvalue weighted by molar-refractivity contribution is -0.118. The van der Waals surface area contributed by atoms with Crippen molar-refractivity contribution in [2.24, 2.45) is 0 Å². The first-order chi connectivity index (χ1) is 19.0. The molecule has 2 fully saturated rings. The predicted molar refractivity (Wildman–Crippen MR) is 144 cm³/mol. The van der Waals surface area contributed by atoms with Gasteiger partial charge >= 0.3 is 6.09 Å². The second-order valence-electron chi connectivity index (χ2n) is 9.96. The highest BCUT2D eigenvalue weighted by atomic mass is 16.6. The quantitative estimate of drug-likeness (QED) is 0.403. The molecule has 2 saturated heterocycles. The van der Waals surface area contributed by atoms with E-state index in [-0.39, 0.29) is 24.7 Å². The highest BCUT2D eigenvalue weighted by molar-refractivity contribution is 5.95. The van der Waals surface area contributed by atoms with Gasteiger partial charge in [-0.3, -0.25) is 14.6 Å². The van der Waals surface area contributed by atoms with Crippen molar-refractivity contribution in [2.45, 2.75) is 25.2 Å². The first kappa shape index (κ1) is 25.1. The molecular weight excluding hydrogens is 500 g/mol. The zero-order valence-electron chi connectivity index (χ0n) is 21.6. The highest BCUT2D eigenvalue weighted by Gasteiger charge is 2.33. The van der Waals surface area contributed by atoms with Crippen LogP contribution in [0, 0.1) is 0 Å². The molecule has 1 aromatic carbocycles. The molecule has 39 heavy (non-hydrogen) atoms. The lowest BCUT2D eigenvalue weighted by Gasteiger charge is -2.35. The molecule has 6 rings (SSSR count). The molecule has 3 aliphatic rings. The Bertz CT molecular complexity index is 1380. The molecule has 0 aliphatic carbocycles. The van der Waals surface area contributed by atoms with Crippen LogP contribution in [-0.4, -0.2) is 78.9 Å². The smallest absolute Gasteiger partial charge is 0.415 e. The van der Waals surface area contributed by atoms with Crippen LogP contribution in [0.25, 0.3) is 11.3 Å². The third-order valence-corrected chi connectivity index (χ3v) is 6.85. The maximum atomic E-state index is 12.5. The van der Waals surface area contributed by atoms with Crippen LogP contribution in [0.15, 0.2) is 54.6 Å². The Morgan fingerprint density at radius 1 is 1.08 bits per heavy atom. The third-order valence-electron chi connectivity index (χ3n) is 6.85. The second kappa shape index (κ2) is 10.9. The molecule has 11 heteroatoms. The number of anilines is 2. The van der Waals surface area contributed by atoms with Gasteiger partial charge < -0.3 is 24.8 Å². The first-order valence-electron chi connectivity index (χ1n) is 13.0. The number of nitrogens with zero attached hydrogens (tertiary/aromatic N) is 4. The average Bonchev–Trinajstić information content (AvgIpc) is 3.30. The van der Waals surface area contributed by atoms with Gasteiger partial charge in [0.25, 0.3) is 5.91 Å². The number of hydrogen-bond acceptors (Lipinski definition) is 9. The number of ether oxygens (including phenoxy) is 3. The number of likely N-dealkylation sites (N-methyl/N-ethyl adjacent to an activating group) is 1. The van der Waals surface area contributed by atoms with E-state index < -0.39 is 6.09 Å². The fourth-order valence-corrected chi connectivity index (χ4v) is 4.83. The van der Waals surface area contributed by atoms with Crippen LogP contribution in [0.4, 0.5) is 16.4 Å². The summed E-state index contributed by atoms with van der Waals surface area (Å²) in [6.07, 6.45) is 0.143. The zero-order chi connectivity index (χ0) is 26.8. The molecule has 3 aromatic rings. The van der Waals surface area contributed by atoms with E-state index in [1.54, 1.807) is 12.1 Å². The number of pyridine rings is 2. The van der Waals surface area contributed by atoms with E-state index in [0.717, 1.165) is 29.9 Å². The zero-order valence-corrected chi connectivity index (χ0v) is 21.6. The van der Waals surface area contributed by atoms with Crippen molar-refractivity contribution < 1.29 is 23.8 Å². The van der Waals surface area contributed by atoms with Crippen LogP contribution in [0.5, 0.6) is 11.6 Å². The molecule has 0 radical (unpaired) electrons. The Morgan fingerprint density at radius 2 is 1.95 bits per heavy atom. The Balaban J connectivity index is 0.996. The van der Waals surface area contributed by atoms with Crippen LogP contribution in [0.3, 0.4) is 0 Å². The summed E-state index contributed by atoms with van der Waals surface area (Å²) in [5.41, 5.74) is 3.04. The highest BCUT2D eigenvalue weighted by Crippen LogP contribution is 2.30. The van der Waals surface area contributed by atoms with Crippen molar-refractivity contribution >= 4 is 23.6 Å². The monoisotopic (exact) mass is 530 g/mol. The van der Waals surface area contributed by atoms with Gasteiger partial charge in [-0.25, -0.2) is 14.8 Å². The SMILES string of the molecule is CN1CC(Oc2cccc(-c3cccc(CNCC[C@H]4CN(c5ccc6c(n5)NC(=O)CO6)C(=O)O4)c3)n2)C1. The van der Waals surface area contributed by atoms with Crippen molar-refractivity contribution in [2.75, 3.05) is 50.1 Å². The van der Waals surface area contributed by atoms with E-state index in [9.17, 15) is 9.59 Å². The fourth-order valence-electron chi connectivity index (χ4n) is 4.83. The van der Waals surface area contributed by atoms with Crippen LogP contribution in [0.1, 0.15) is 12.0 Å². The standard InChI is InChI=1S/C28H30N6O5/c1-33-14-21(15-33)38-26-7-3-6-22(30-26)19-5-2-4-18(12-19)13-29-11-10-20-16-34(28(36)39-20)24-9-8-23-27(31-24)32-25(35)17-37-23/h2-9,12,20-21,29H,10-11,13-17H2,1H3,(H,31,32,35)/t20-/m0/s1. The Kier molecular flexibility index (Phi) is 6.99. The Hall–Kier alpha value is -4.22. The van der Waals surface area contributed by atoms with Gasteiger partial charge in [-0.1, -0.05) is 24.3 Å². The number of amides is 2. The van der Waals surface area contributed by atoms with Gasteiger partial charge in [-0.15, -0.1) is 0 Å². The molecule has 2 amide bonds. The number of carbonyl (C=O) groups excluding carboxylic acids is 2. The molecule has 11 nitrogen and oxygen atoms in total. The summed E-state index contributed by atoms with van der Waals surface area (Å²) in [5.74, 6) is 1.58. The third kappa shape index (κ3) is 5.79. The maximum Gasteiger partial charge on any atom is 0.415 e. The molecule has 5 heterocycles. The number of aromatic nitrogens is 2. The van der Waals surface area contributed by atoms with Crippen molar-refractivity contribution in [1.29, 1.82) is 0 Å². The molecule has 2 aromatic heterocycles. The van der Waals surface area contributed by atoms with Crippen molar-refractivity contribution in [3.05, 3.63) is 60.2 Å². The fraction of sp³-hybridized carbons (Fsp3) is 0.357. The van der Waals surface area contributed by atoms with Gasteiger partial charge in [0.1, 0.15) is 18.0 Å². The number of cyclic esters (lactones) is 1. The van der Waals surface area contributed by atoms with Crippen LogP contribution < -0.4 is 25.0 Å². The Labute approximate surface area is 226 Å². The van der Waals surface area contributed by atoms with Gasteiger partial charge in [0, 0.05) is 31.3 Å². The number of likely N-dealkylation sites (tertiary alicyclic amines) is 1. The number of hydrogen-bond donors (Lipinski definition) is 2. The van der Waals surface area contributed by atoms with Gasteiger partial charge in [0.15, 0.2) is 18.2 Å². The largest absolute Gasteiger partial charge is 0.480 e.